The van der Waals surface area contributed by atoms with Crippen molar-refractivity contribution in [2.75, 3.05) is 53.2 Å². The summed E-state index contributed by atoms with van der Waals surface area (Å²) in [5.41, 5.74) is -0.140. The van der Waals surface area contributed by atoms with Crippen LogP contribution in [0.1, 0.15) is 12.8 Å². The van der Waals surface area contributed by atoms with Crippen molar-refractivity contribution in [2.45, 2.75) is 24.5 Å². The molecule has 0 saturated carbocycles. The minimum atomic E-state index is -0.140. The van der Waals surface area contributed by atoms with Crippen LogP contribution in [0.25, 0.3) is 0 Å². The average molecular weight is 245 g/mol. The lowest BCUT2D eigenvalue weighted by Crippen LogP contribution is -2.56. The monoisotopic (exact) mass is 245 g/mol. The first-order valence-electron chi connectivity index (χ1n) is 6.36. The van der Waals surface area contributed by atoms with E-state index in [1.807, 2.05) is 0 Å². The molecule has 2 heterocycles. The number of likely N-dealkylation sites (N-methyl/N-ethyl adjacent to an activating group) is 1. The minimum absolute atomic E-state index is 0.125. The standard InChI is InChI=1S/C12H23NO4/c1-13(8-11-9-16-6-7-17-11)12(10-14)2-4-15-5-3-12/h11,14H,2-10H2,1H3. The van der Waals surface area contributed by atoms with Gasteiger partial charge in [-0.25, -0.2) is 0 Å². The molecule has 2 aliphatic rings. The van der Waals surface area contributed by atoms with Gasteiger partial charge in [0.05, 0.1) is 32.5 Å². The molecule has 5 heteroatoms. The Morgan fingerprint density at radius 3 is 2.53 bits per heavy atom. The number of nitrogens with zero attached hydrogens (tertiary/aromatic N) is 1. The van der Waals surface area contributed by atoms with Crippen molar-refractivity contribution in [2.24, 2.45) is 0 Å². The lowest BCUT2D eigenvalue weighted by atomic mass is 9.89. The van der Waals surface area contributed by atoms with E-state index in [4.69, 9.17) is 14.2 Å². The Morgan fingerprint density at radius 2 is 1.94 bits per heavy atom. The minimum Gasteiger partial charge on any atom is -0.394 e. The Balaban J connectivity index is 1.89. The van der Waals surface area contributed by atoms with Crippen LogP contribution in [-0.2, 0) is 14.2 Å². The quantitative estimate of drug-likeness (QED) is 0.748. The van der Waals surface area contributed by atoms with Gasteiger partial charge < -0.3 is 19.3 Å². The van der Waals surface area contributed by atoms with Crippen molar-refractivity contribution in [1.82, 2.24) is 4.90 Å². The molecule has 0 aromatic carbocycles. The second-order valence-electron chi connectivity index (χ2n) is 4.94. The van der Waals surface area contributed by atoms with E-state index in [1.165, 1.54) is 0 Å². The van der Waals surface area contributed by atoms with Gasteiger partial charge in [-0.1, -0.05) is 0 Å². The first kappa shape index (κ1) is 13.2. The summed E-state index contributed by atoms with van der Waals surface area (Å²) in [6, 6.07) is 0. The number of aliphatic hydroxyl groups is 1. The Kier molecular flexibility index (Phi) is 4.76. The summed E-state index contributed by atoms with van der Waals surface area (Å²) in [4.78, 5) is 2.22. The predicted octanol–water partition coefficient (Wildman–Crippen LogP) is -0.125. The second-order valence-corrected chi connectivity index (χ2v) is 4.94. The third kappa shape index (κ3) is 3.17. The van der Waals surface area contributed by atoms with Gasteiger partial charge in [0.2, 0.25) is 0 Å². The van der Waals surface area contributed by atoms with Crippen molar-refractivity contribution in [3.63, 3.8) is 0 Å². The van der Waals surface area contributed by atoms with Gasteiger partial charge in [0, 0.05) is 25.3 Å². The van der Waals surface area contributed by atoms with Crippen LogP contribution < -0.4 is 0 Å². The van der Waals surface area contributed by atoms with E-state index in [0.29, 0.717) is 19.8 Å². The van der Waals surface area contributed by atoms with E-state index in [0.717, 1.165) is 32.6 Å². The summed E-state index contributed by atoms with van der Waals surface area (Å²) in [5, 5.41) is 9.67. The Bertz CT molecular complexity index is 225. The highest BCUT2D eigenvalue weighted by atomic mass is 16.6. The molecular weight excluding hydrogens is 222 g/mol. The maximum absolute atomic E-state index is 9.67. The zero-order valence-corrected chi connectivity index (χ0v) is 10.6. The van der Waals surface area contributed by atoms with Crippen LogP contribution in [0.5, 0.6) is 0 Å². The SMILES string of the molecule is CN(CC1COCCO1)C1(CO)CCOCC1. The predicted molar refractivity (Wildman–Crippen MR) is 63.1 cm³/mol. The molecule has 0 amide bonds. The summed E-state index contributed by atoms with van der Waals surface area (Å²) >= 11 is 0. The van der Waals surface area contributed by atoms with E-state index in [2.05, 4.69) is 11.9 Å². The first-order valence-corrected chi connectivity index (χ1v) is 6.36. The molecule has 2 saturated heterocycles. The van der Waals surface area contributed by atoms with E-state index in [1.54, 1.807) is 0 Å². The summed E-state index contributed by atoms with van der Waals surface area (Å²) < 4.78 is 16.4. The lowest BCUT2D eigenvalue weighted by Gasteiger charge is -2.44. The number of ether oxygens (including phenoxy) is 3. The molecule has 2 rings (SSSR count). The third-order valence-corrected chi connectivity index (χ3v) is 3.89. The molecule has 0 radical (unpaired) electrons. The fourth-order valence-corrected chi connectivity index (χ4v) is 2.55. The number of rotatable bonds is 4. The molecule has 1 unspecified atom stereocenters. The van der Waals surface area contributed by atoms with E-state index in [9.17, 15) is 5.11 Å². The highest BCUT2D eigenvalue weighted by Crippen LogP contribution is 2.26. The Hall–Kier alpha value is -0.200. The van der Waals surface area contributed by atoms with Gasteiger partial charge in [-0.2, -0.15) is 0 Å². The van der Waals surface area contributed by atoms with Crippen molar-refractivity contribution < 1.29 is 19.3 Å². The number of aliphatic hydroxyl groups excluding tert-OH is 1. The summed E-state index contributed by atoms with van der Waals surface area (Å²) in [7, 11) is 2.06. The molecule has 5 nitrogen and oxygen atoms in total. The van der Waals surface area contributed by atoms with Gasteiger partial charge in [-0.15, -0.1) is 0 Å². The molecule has 0 spiro atoms. The van der Waals surface area contributed by atoms with Crippen molar-refractivity contribution >= 4 is 0 Å². The highest BCUT2D eigenvalue weighted by molar-refractivity contribution is 4.91. The maximum Gasteiger partial charge on any atom is 0.0936 e. The molecule has 1 N–H and O–H groups in total. The van der Waals surface area contributed by atoms with Crippen molar-refractivity contribution in [3.8, 4) is 0 Å². The van der Waals surface area contributed by atoms with Gasteiger partial charge in [0.1, 0.15) is 0 Å². The molecule has 0 aliphatic carbocycles. The molecule has 2 aliphatic heterocycles. The van der Waals surface area contributed by atoms with Gasteiger partial charge in [-0.05, 0) is 19.9 Å². The summed E-state index contributed by atoms with van der Waals surface area (Å²) in [5.74, 6) is 0. The molecule has 1 atom stereocenters. The van der Waals surface area contributed by atoms with Crippen LogP contribution in [0, 0.1) is 0 Å². The molecule has 0 aromatic rings. The zero-order valence-electron chi connectivity index (χ0n) is 10.6. The molecule has 0 bridgehead atoms. The Morgan fingerprint density at radius 1 is 1.18 bits per heavy atom. The summed E-state index contributed by atoms with van der Waals surface area (Å²) in [6.45, 7) is 4.47. The molecule has 100 valence electrons. The number of hydrogen-bond donors (Lipinski definition) is 1. The first-order chi connectivity index (χ1) is 8.27. The van der Waals surface area contributed by atoms with Crippen LogP contribution in [-0.4, -0.2) is 74.9 Å². The van der Waals surface area contributed by atoms with Gasteiger partial charge in [-0.3, -0.25) is 4.90 Å². The van der Waals surface area contributed by atoms with Crippen molar-refractivity contribution in [3.05, 3.63) is 0 Å². The van der Waals surface area contributed by atoms with Crippen LogP contribution in [0.15, 0.2) is 0 Å². The van der Waals surface area contributed by atoms with E-state index < -0.39 is 0 Å². The van der Waals surface area contributed by atoms with Crippen LogP contribution in [0.4, 0.5) is 0 Å². The van der Waals surface area contributed by atoms with Crippen LogP contribution in [0.3, 0.4) is 0 Å². The average Bonchev–Trinajstić information content (AvgIpc) is 2.40. The third-order valence-electron chi connectivity index (χ3n) is 3.89. The Labute approximate surface area is 103 Å². The fraction of sp³-hybridized carbons (Fsp3) is 1.00. The molecule has 17 heavy (non-hydrogen) atoms. The van der Waals surface area contributed by atoms with Crippen molar-refractivity contribution in [1.29, 1.82) is 0 Å². The van der Waals surface area contributed by atoms with Gasteiger partial charge >= 0.3 is 0 Å². The normalized spacial score (nSPS) is 29.5. The van der Waals surface area contributed by atoms with E-state index in [-0.39, 0.29) is 18.2 Å². The van der Waals surface area contributed by atoms with Gasteiger partial charge in [0.25, 0.3) is 0 Å². The maximum atomic E-state index is 9.67. The van der Waals surface area contributed by atoms with Gasteiger partial charge in [0.15, 0.2) is 0 Å². The topological polar surface area (TPSA) is 51.2 Å². The smallest absolute Gasteiger partial charge is 0.0936 e. The largest absolute Gasteiger partial charge is 0.394 e. The van der Waals surface area contributed by atoms with Crippen LogP contribution in [0.2, 0.25) is 0 Å². The zero-order chi connectivity index (χ0) is 12.1. The highest BCUT2D eigenvalue weighted by Gasteiger charge is 2.37. The molecule has 2 fully saturated rings. The summed E-state index contributed by atoms with van der Waals surface area (Å²) in [6.07, 6.45) is 1.89. The van der Waals surface area contributed by atoms with E-state index >= 15 is 0 Å². The molecule has 0 aromatic heterocycles. The lowest BCUT2D eigenvalue weighted by molar-refractivity contribution is -0.117. The van der Waals surface area contributed by atoms with Crippen LogP contribution >= 0.6 is 0 Å². The second kappa shape index (κ2) is 6.11. The number of hydrogen-bond acceptors (Lipinski definition) is 5. The molecular formula is C12H23NO4. The fourth-order valence-electron chi connectivity index (χ4n) is 2.55.